The molecule has 0 spiro atoms. The maximum Gasteiger partial charge on any atom is 0.129 e. The van der Waals surface area contributed by atoms with E-state index in [1.165, 1.54) is 37.5 Å². The van der Waals surface area contributed by atoms with Crippen molar-refractivity contribution in [3.05, 3.63) is 53.9 Å². The molecule has 2 N–H and O–H groups in total. The highest BCUT2D eigenvalue weighted by Gasteiger charge is 2.24. The molecule has 0 aliphatic heterocycles. The third kappa shape index (κ3) is 5.04. The van der Waals surface area contributed by atoms with E-state index in [9.17, 15) is 4.79 Å². The molecule has 1 heterocycles. The molecular weight excluding hydrogens is 396 g/mol. The summed E-state index contributed by atoms with van der Waals surface area (Å²) in [6, 6.07) is 10.6. The van der Waals surface area contributed by atoms with Gasteiger partial charge in [0.05, 0.1) is 11.0 Å². The minimum Gasteiger partial charge on any atom is -0.388 e. The van der Waals surface area contributed by atoms with Crippen molar-refractivity contribution in [2.45, 2.75) is 51.9 Å². The zero-order chi connectivity index (χ0) is 22.5. The maximum absolute atomic E-state index is 11.3. The van der Waals surface area contributed by atoms with Crippen LogP contribution < -0.4 is 5.32 Å². The first-order valence-electron chi connectivity index (χ1n) is 11.6. The SMILES string of the molecule is CNc1cc(-c2cc(CC[C@H]3CCC(CCC(C)=O)C3)cc3nccnc23)ccc1C=N. The summed E-state index contributed by atoms with van der Waals surface area (Å²) in [5.74, 6) is 1.78. The Balaban J connectivity index is 1.55. The maximum atomic E-state index is 11.3. The number of nitrogens with one attached hydrogen (secondary N) is 2. The molecule has 32 heavy (non-hydrogen) atoms. The number of carbonyl (C=O) groups excluding carboxylic acids is 1. The molecular formula is C27H32N4O. The molecule has 166 valence electrons. The van der Waals surface area contributed by atoms with Crippen molar-refractivity contribution in [3.63, 3.8) is 0 Å². The number of anilines is 1. The van der Waals surface area contributed by atoms with Crippen LogP contribution in [0, 0.1) is 17.2 Å². The van der Waals surface area contributed by atoms with Gasteiger partial charge in [0.2, 0.25) is 0 Å². The Labute approximate surface area is 190 Å². The summed E-state index contributed by atoms with van der Waals surface area (Å²) in [6.07, 6.45) is 12.7. The molecule has 0 radical (unpaired) electrons. The molecule has 2 aromatic carbocycles. The second-order valence-electron chi connectivity index (χ2n) is 9.09. The molecule has 0 bridgehead atoms. The van der Waals surface area contributed by atoms with Gasteiger partial charge in [-0.3, -0.25) is 9.97 Å². The summed E-state index contributed by atoms with van der Waals surface area (Å²) in [5.41, 5.74) is 7.09. The van der Waals surface area contributed by atoms with Gasteiger partial charge in [0.25, 0.3) is 0 Å². The summed E-state index contributed by atoms with van der Waals surface area (Å²) < 4.78 is 0. The molecule has 5 heteroatoms. The molecule has 1 aliphatic carbocycles. The number of fused-ring (bicyclic) bond motifs is 1. The van der Waals surface area contributed by atoms with Gasteiger partial charge in [-0.25, -0.2) is 0 Å². The molecule has 0 saturated heterocycles. The Morgan fingerprint density at radius 2 is 1.91 bits per heavy atom. The average molecular weight is 429 g/mol. The number of benzene rings is 2. The van der Waals surface area contributed by atoms with Gasteiger partial charge in [-0.2, -0.15) is 0 Å². The highest BCUT2D eigenvalue weighted by Crippen LogP contribution is 2.37. The number of aryl methyl sites for hydroxylation is 1. The van der Waals surface area contributed by atoms with E-state index in [1.807, 2.05) is 13.1 Å². The summed E-state index contributed by atoms with van der Waals surface area (Å²) in [6.45, 7) is 1.70. The summed E-state index contributed by atoms with van der Waals surface area (Å²) in [7, 11) is 1.88. The van der Waals surface area contributed by atoms with Crippen molar-refractivity contribution in [2.75, 3.05) is 12.4 Å². The molecule has 5 nitrogen and oxygen atoms in total. The third-order valence-corrected chi connectivity index (χ3v) is 6.82. The topological polar surface area (TPSA) is 78.7 Å². The number of ketones is 1. The van der Waals surface area contributed by atoms with E-state index in [1.54, 1.807) is 19.3 Å². The number of hydrogen-bond donors (Lipinski definition) is 2. The minimum atomic E-state index is 0.313. The smallest absolute Gasteiger partial charge is 0.129 e. The molecule has 3 aromatic rings. The molecule has 1 aromatic heterocycles. The van der Waals surface area contributed by atoms with Crippen LogP contribution in [0.4, 0.5) is 5.69 Å². The second-order valence-corrected chi connectivity index (χ2v) is 9.09. The van der Waals surface area contributed by atoms with Crippen molar-refractivity contribution in [2.24, 2.45) is 11.8 Å². The summed E-state index contributed by atoms with van der Waals surface area (Å²) in [4.78, 5) is 20.5. The van der Waals surface area contributed by atoms with E-state index in [-0.39, 0.29) is 0 Å². The van der Waals surface area contributed by atoms with Crippen LogP contribution in [0.25, 0.3) is 22.2 Å². The predicted molar refractivity (Wildman–Crippen MR) is 131 cm³/mol. The van der Waals surface area contributed by atoms with Crippen molar-refractivity contribution >= 4 is 28.7 Å². The quantitative estimate of drug-likeness (QED) is 0.406. The third-order valence-electron chi connectivity index (χ3n) is 6.82. The molecule has 1 aliphatic rings. The van der Waals surface area contributed by atoms with Gasteiger partial charge in [0.1, 0.15) is 5.78 Å². The summed E-state index contributed by atoms with van der Waals surface area (Å²) >= 11 is 0. The van der Waals surface area contributed by atoms with Crippen molar-refractivity contribution < 1.29 is 4.79 Å². The van der Waals surface area contributed by atoms with Crippen LogP contribution >= 0.6 is 0 Å². The van der Waals surface area contributed by atoms with E-state index >= 15 is 0 Å². The van der Waals surface area contributed by atoms with Gasteiger partial charge in [-0.15, -0.1) is 0 Å². The van der Waals surface area contributed by atoms with Gasteiger partial charge in [-0.05, 0) is 73.8 Å². The molecule has 1 fully saturated rings. The Bertz CT molecular complexity index is 1120. The van der Waals surface area contributed by atoms with Crippen LogP contribution in [0.1, 0.15) is 56.6 Å². The zero-order valence-electron chi connectivity index (χ0n) is 19.0. The van der Waals surface area contributed by atoms with Crippen molar-refractivity contribution in [3.8, 4) is 11.1 Å². The second kappa shape index (κ2) is 10.0. The Morgan fingerprint density at radius 1 is 1.12 bits per heavy atom. The number of aromatic nitrogens is 2. The number of hydrogen-bond acceptors (Lipinski definition) is 5. The molecule has 1 saturated carbocycles. The number of Topliss-reactive ketones (excluding diaryl/α,β-unsaturated/α-hetero) is 1. The van der Waals surface area contributed by atoms with Crippen LogP contribution in [0.15, 0.2) is 42.7 Å². The lowest BCUT2D eigenvalue weighted by molar-refractivity contribution is -0.117. The van der Waals surface area contributed by atoms with Crippen molar-refractivity contribution in [1.82, 2.24) is 9.97 Å². The standard InChI is InChI=1S/C27H32N4O/c1-18(32)3-4-19-5-6-20(13-19)7-8-21-14-24(27-26(15-21)30-11-12-31-27)22-9-10-23(17-28)25(16-22)29-2/h9-12,14-17,19-20,28-29H,3-8,13H2,1-2H3/t19?,20-/m1/s1. The molecule has 0 amide bonds. The molecule has 4 rings (SSSR count). The van der Waals surface area contributed by atoms with Gasteiger partial charge < -0.3 is 15.5 Å². The first-order chi connectivity index (χ1) is 15.6. The van der Waals surface area contributed by atoms with Gasteiger partial charge >= 0.3 is 0 Å². The van der Waals surface area contributed by atoms with Crippen molar-refractivity contribution in [1.29, 1.82) is 5.41 Å². The summed E-state index contributed by atoms with van der Waals surface area (Å²) in [5, 5.41) is 10.8. The fourth-order valence-electron chi connectivity index (χ4n) is 5.04. The highest BCUT2D eigenvalue weighted by atomic mass is 16.1. The first-order valence-corrected chi connectivity index (χ1v) is 11.6. The first kappa shape index (κ1) is 22.1. The highest BCUT2D eigenvalue weighted by molar-refractivity contribution is 5.95. The zero-order valence-corrected chi connectivity index (χ0v) is 19.0. The van der Waals surface area contributed by atoms with Crippen LogP contribution in [-0.2, 0) is 11.2 Å². The number of rotatable bonds is 9. The van der Waals surface area contributed by atoms with E-state index < -0.39 is 0 Å². The Kier molecular flexibility index (Phi) is 6.93. The number of nitrogens with zero attached hydrogens (tertiary/aromatic N) is 2. The van der Waals surface area contributed by atoms with Crippen LogP contribution in [-0.4, -0.2) is 29.0 Å². The van der Waals surface area contributed by atoms with E-state index in [4.69, 9.17) is 5.41 Å². The van der Waals surface area contributed by atoms with Crippen LogP contribution in [0.3, 0.4) is 0 Å². The minimum absolute atomic E-state index is 0.313. The van der Waals surface area contributed by atoms with Crippen LogP contribution in [0.2, 0.25) is 0 Å². The molecule has 2 atom stereocenters. The largest absolute Gasteiger partial charge is 0.388 e. The Morgan fingerprint density at radius 3 is 2.66 bits per heavy atom. The van der Waals surface area contributed by atoms with Crippen LogP contribution in [0.5, 0.6) is 0 Å². The fraction of sp³-hybridized carbons (Fsp3) is 0.407. The lowest BCUT2D eigenvalue weighted by Crippen LogP contribution is -2.02. The van der Waals surface area contributed by atoms with Gasteiger partial charge in [-0.1, -0.05) is 25.0 Å². The average Bonchev–Trinajstić information content (AvgIpc) is 3.28. The predicted octanol–water partition coefficient (Wildman–Crippen LogP) is 6.05. The van der Waals surface area contributed by atoms with E-state index in [2.05, 4.69) is 39.6 Å². The lowest BCUT2D eigenvalue weighted by Gasteiger charge is -2.14. The monoisotopic (exact) mass is 428 g/mol. The van der Waals surface area contributed by atoms with E-state index in [0.717, 1.165) is 58.6 Å². The van der Waals surface area contributed by atoms with Gasteiger partial charge in [0.15, 0.2) is 0 Å². The van der Waals surface area contributed by atoms with E-state index in [0.29, 0.717) is 11.7 Å². The Hall–Kier alpha value is -3.08. The normalized spacial score (nSPS) is 18.1. The fourth-order valence-corrected chi connectivity index (χ4v) is 5.04. The van der Waals surface area contributed by atoms with Gasteiger partial charge in [0, 0.05) is 48.9 Å². The number of carbonyl (C=O) groups is 1. The lowest BCUT2D eigenvalue weighted by atomic mass is 9.93. The molecule has 1 unspecified atom stereocenters.